The lowest BCUT2D eigenvalue weighted by molar-refractivity contribution is 0.401. The second-order valence-electron chi connectivity index (χ2n) is 10.8. The summed E-state index contributed by atoms with van der Waals surface area (Å²) < 4.78 is 11.1. The minimum atomic E-state index is -0.595. The van der Waals surface area contributed by atoms with E-state index in [0.717, 1.165) is 46.6 Å². The van der Waals surface area contributed by atoms with Crippen molar-refractivity contribution in [3.8, 4) is 22.6 Å². The molecule has 2 N–H and O–H groups in total. The fraction of sp³-hybridized carbons (Fsp3) is 0.273. The topological polar surface area (TPSA) is 65.5 Å². The van der Waals surface area contributed by atoms with Gasteiger partial charge in [-0.05, 0) is 69.5 Å². The molecule has 0 spiro atoms. The van der Waals surface area contributed by atoms with Crippen LogP contribution in [0.25, 0.3) is 11.1 Å². The zero-order chi connectivity index (χ0) is 25.3. The van der Waals surface area contributed by atoms with E-state index in [1.807, 2.05) is 13.8 Å². The van der Waals surface area contributed by atoms with Crippen molar-refractivity contribution in [3.63, 3.8) is 0 Å². The molecule has 7 rings (SSSR count). The van der Waals surface area contributed by atoms with Crippen LogP contribution >= 0.6 is 0 Å². The Morgan fingerprint density at radius 1 is 0.676 bits per heavy atom. The molecule has 2 fully saturated rings. The van der Waals surface area contributed by atoms with Crippen LogP contribution in [0.15, 0.2) is 72.8 Å². The summed E-state index contributed by atoms with van der Waals surface area (Å²) in [7, 11) is 0. The fourth-order valence-electron chi connectivity index (χ4n) is 6.34. The average molecular weight is 491 g/mol. The second kappa shape index (κ2) is 8.20. The largest absolute Gasteiger partial charge is 0.507 e. The number of aromatic hydroxyl groups is 2. The molecule has 1 aliphatic carbocycles. The number of phenols is 2. The van der Waals surface area contributed by atoms with Gasteiger partial charge in [0.25, 0.3) is 0 Å². The summed E-state index contributed by atoms with van der Waals surface area (Å²) in [5.74, 6) is 0.699. The molecule has 37 heavy (non-hydrogen) atoms. The first-order valence-electron chi connectivity index (χ1n) is 13.1. The predicted molar refractivity (Wildman–Crippen MR) is 143 cm³/mol. The van der Waals surface area contributed by atoms with Gasteiger partial charge in [-0.3, -0.25) is 0 Å². The molecule has 0 bridgehead atoms. The lowest BCUT2D eigenvalue weighted by Crippen LogP contribution is -2.29. The molecule has 0 saturated carbocycles. The first-order chi connectivity index (χ1) is 18.0. The van der Waals surface area contributed by atoms with Crippen molar-refractivity contribution in [2.45, 2.75) is 44.3 Å². The Bertz CT molecular complexity index is 1430. The Hall–Kier alpha value is -3.60. The number of aryl methyl sites for hydroxylation is 2. The highest BCUT2D eigenvalue weighted by molar-refractivity contribution is 5.86. The predicted octanol–water partition coefficient (Wildman–Crippen LogP) is 5.96. The molecule has 4 aromatic carbocycles. The van der Waals surface area contributed by atoms with Gasteiger partial charge >= 0.3 is 0 Å². The van der Waals surface area contributed by atoms with Gasteiger partial charge in [0, 0.05) is 12.8 Å². The van der Waals surface area contributed by atoms with Crippen LogP contribution in [0, 0.1) is 13.8 Å². The van der Waals surface area contributed by atoms with Gasteiger partial charge in [0.1, 0.15) is 11.5 Å². The molecule has 2 unspecified atom stereocenters. The molecule has 4 nitrogen and oxygen atoms in total. The van der Waals surface area contributed by atoms with E-state index in [0.29, 0.717) is 24.3 Å². The number of ether oxygens (including phenoxy) is 2. The molecule has 2 aliphatic heterocycles. The summed E-state index contributed by atoms with van der Waals surface area (Å²) in [6, 6.07) is 25.9. The molecule has 3 aliphatic rings. The molecular formula is C33H30O4. The Morgan fingerprint density at radius 3 is 1.49 bits per heavy atom. The van der Waals surface area contributed by atoms with Gasteiger partial charge in [-0.2, -0.15) is 0 Å². The molecule has 2 saturated heterocycles. The summed E-state index contributed by atoms with van der Waals surface area (Å²) in [6.07, 6.45) is 1.72. The standard InChI is InChI=1S/C33H30O4/c1-19-11-23(13-21(31(19)34)15-25-17-36-25)33(24-12-20(2)32(35)22(14-24)16-26-18-37-26)29-9-5-3-7-27(29)28-8-4-6-10-30(28)33/h3-14,25-26,34-35H,15-18H2,1-2H3. The minimum absolute atomic E-state index is 0.167. The normalized spacial score (nSPS) is 20.4. The highest BCUT2D eigenvalue weighted by Gasteiger charge is 2.47. The first kappa shape index (κ1) is 22.6. The van der Waals surface area contributed by atoms with Gasteiger partial charge in [0.2, 0.25) is 0 Å². The molecule has 2 heterocycles. The third-order valence-electron chi connectivity index (χ3n) is 8.28. The monoisotopic (exact) mass is 490 g/mol. The molecule has 4 aromatic rings. The zero-order valence-electron chi connectivity index (χ0n) is 21.1. The van der Waals surface area contributed by atoms with Crippen molar-refractivity contribution in [1.29, 1.82) is 0 Å². The van der Waals surface area contributed by atoms with Crippen LogP contribution in [0.3, 0.4) is 0 Å². The molecule has 0 radical (unpaired) electrons. The Kier molecular flexibility index (Phi) is 5.01. The van der Waals surface area contributed by atoms with Gasteiger partial charge in [-0.15, -0.1) is 0 Å². The Morgan fingerprint density at radius 2 is 1.08 bits per heavy atom. The first-order valence-corrected chi connectivity index (χ1v) is 13.1. The van der Waals surface area contributed by atoms with Crippen LogP contribution in [0.4, 0.5) is 0 Å². The van der Waals surface area contributed by atoms with E-state index in [1.54, 1.807) is 0 Å². The van der Waals surface area contributed by atoms with E-state index >= 15 is 0 Å². The number of hydrogen-bond donors (Lipinski definition) is 2. The van der Waals surface area contributed by atoms with Crippen molar-refractivity contribution in [2.24, 2.45) is 0 Å². The maximum Gasteiger partial charge on any atom is 0.121 e. The fourth-order valence-corrected chi connectivity index (χ4v) is 6.34. The van der Waals surface area contributed by atoms with E-state index in [2.05, 4.69) is 72.8 Å². The molecular weight excluding hydrogens is 460 g/mol. The van der Waals surface area contributed by atoms with Crippen LogP contribution in [0.2, 0.25) is 0 Å². The maximum atomic E-state index is 11.0. The Labute approximate surface area is 217 Å². The van der Waals surface area contributed by atoms with Gasteiger partial charge in [-0.1, -0.05) is 72.8 Å². The summed E-state index contributed by atoms with van der Waals surface area (Å²) >= 11 is 0. The molecule has 0 aromatic heterocycles. The number of benzene rings is 4. The zero-order valence-corrected chi connectivity index (χ0v) is 21.1. The third kappa shape index (κ3) is 3.51. The van der Waals surface area contributed by atoms with Crippen molar-refractivity contribution in [3.05, 3.63) is 117 Å². The van der Waals surface area contributed by atoms with Crippen molar-refractivity contribution < 1.29 is 19.7 Å². The SMILES string of the molecule is Cc1cc(C2(c3cc(C)c(O)c(CC4CO4)c3)c3ccccc3-c3ccccc32)cc(CC2CO2)c1O. The number of phenolic OH excluding ortho intramolecular Hbond substituents is 2. The highest BCUT2D eigenvalue weighted by Crippen LogP contribution is 2.57. The summed E-state index contributed by atoms with van der Waals surface area (Å²) in [5, 5.41) is 22.0. The van der Waals surface area contributed by atoms with Crippen LogP contribution in [0.1, 0.15) is 44.5 Å². The van der Waals surface area contributed by atoms with Gasteiger partial charge in [-0.25, -0.2) is 0 Å². The van der Waals surface area contributed by atoms with Crippen molar-refractivity contribution in [2.75, 3.05) is 13.2 Å². The van der Waals surface area contributed by atoms with E-state index in [-0.39, 0.29) is 12.2 Å². The number of rotatable bonds is 6. The smallest absolute Gasteiger partial charge is 0.121 e. The van der Waals surface area contributed by atoms with Gasteiger partial charge in [0.05, 0.1) is 30.8 Å². The van der Waals surface area contributed by atoms with Crippen molar-refractivity contribution in [1.82, 2.24) is 0 Å². The van der Waals surface area contributed by atoms with Crippen LogP contribution in [0.5, 0.6) is 11.5 Å². The quantitative estimate of drug-likeness (QED) is 0.288. The molecule has 0 amide bonds. The maximum absolute atomic E-state index is 11.0. The second-order valence-corrected chi connectivity index (χ2v) is 10.8. The lowest BCUT2D eigenvalue weighted by Gasteiger charge is -2.35. The van der Waals surface area contributed by atoms with Crippen LogP contribution in [-0.2, 0) is 27.7 Å². The lowest BCUT2D eigenvalue weighted by atomic mass is 9.66. The van der Waals surface area contributed by atoms with Crippen LogP contribution < -0.4 is 0 Å². The van der Waals surface area contributed by atoms with E-state index in [4.69, 9.17) is 9.47 Å². The van der Waals surface area contributed by atoms with E-state index in [1.165, 1.54) is 22.3 Å². The third-order valence-corrected chi connectivity index (χ3v) is 8.28. The molecule has 4 heteroatoms. The number of hydrogen-bond acceptors (Lipinski definition) is 4. The van der Waals surface area contributed by atoms with Crippen LogP contribution in [-0.4, -0.2) is 35.6 Å². The van der Waals surface area contributed by atoms with Crippen molar-refractivity contribution >= 4 is 0 Å². The highest BCUT2D eigenvalue weighted by atomic mass is 16.6. The van der Waals surface area contributed by atoms with E-state index in [9.17, 15) is 10.2 Å². The van der Waals surface area contributed by atoms with E-state index < -0.39 is 5.41 Å². The van der Waals surface area contributed by atoms with Gasteiger partial charge < -0.3 is 19.7 Å². The summed E-state index contributed by atoms with van der Waals surface area (Å²) in [4.78, 5) is 0. The summed E-state index contributed by atoms with van der Waals surface area (Å²) in [5.41, 5.74) is 10.1. The summed E-state index contributed by atoms with van der Waals surface area (Å²) in [6.45, 7) is 5.44. The molecule has 186 valence electrons. The molecule has 2 atom stereocenters. The average Bonchev–Trinajstić information content (AvgIpc) is 3.84. The number of epoxide rings is 2. The number of fused-ring (bicyclic) bond motifs is 3. The Balaban J connectivity index is 1.57. The minimum Gasteiger partial charge on any atom is -0.507 e. The van der Waals surface area contributed by atoms with Gasteiger partial charge in [0.15, 0.2) is 0 Å².